The van der Waals surface area contributed by atoms with Crippen LogP contribution in [0.15, 0.2) is 70.6 Å². The van der Waals surface area contributed by atoms with E-state index in [4.69, 9.17) is 14.2 Å². The highest BCUT2D eigenvalue weighted by molar-refractivity contribution is 7.99. The molecule has 0 saturated heterocycles. The van der Waals surface area contributed by atoms with Crippen molar-refractivity contribution in [3.63, 3.8) is 0 Å². The lowest BCUT2D eigenvalue weighted by molar-refractivity contribution is -0.113. The van der Waals surface area contributed by atoms with Crippen molar-refractivity contribution in [3.8, 4) is 22.9 Å². The Morgan fingerprint density at radius 3 is 2.31 bits per heavy atom. The molecule has 1 N–H and O–H groups in total. The maximum Gasteiger partial charge on any atom is 0.266 e. The van der Waals surface area contributed by atoms with E-state index in [1.807, 2.05) is 0 Å². The summed E-state index contributed by atoms with van der Waals surface area (Å²) in [4.78, 5) is 30.5. The van der Waals surface area contributed by atoms with Gasteiger partial charge in [-0.1, -0.05) is 36.0 Å². The predicted molar refractivity (Wildman–Crippen MR) is 133 cm³/mol. The lowest BCUT2D eigenvalue weighted by atomic mass is 10.2. The van der Waals surface area contributed by atoms with Crippen LogP contribution >= 0.6 is 11.8 Å². The average Bonchev–Trinajstić information content (AvgIpc) is 2.87. The third-order valence-electron chi connectivity index (χ3n) is 5.12. The number of amides is 1. The molecule has 0 saturated carbocycles. The summed E-state index contributed by atoms with van der Waals surface area (Å²) < 4.78 is 31.7. The van der Waals surface area contributed by atoms with Gasteiger partial charge < -0.3 is 19.5 Å². The van der Waals surface area contributed by atoms with Crippen molar-refractivity contribution < 1.29 is 23.4 Å². The SMILES string of the molecule is COc1cc(NC(=O)CSc2nc3ccccc3c(=O)n2-c2ccccc2F)cc(OC)c1OC. The zero-order valence-corrected chi connectivity index (χ0v) is 20.0. The fourth-order valence-corrected chi connectivity index (χ4v) is 4.34. The molecular formula is C25H22FN3O5S. The minimum atomic E-state index is -0.574. The maximum absolute atomic E-state index is 14.6. The Hall–Kier alpha value is -4.05. The minimum Gasteiger partial charge on any atom is -0.493 e. The van der Waals surface area contributed by atoms with Crippen molar-refractivity contribution >= 4 is 34.3 Å². The quantitative estimate of drug-likeness (QED) is 0.288. The number of fused-ring (bicyclic) bond motifs is 1. The number of halogens is 1. The van der Waals surface area contributed by atoms with Crippen molar-refractivity contribution in [3.05, 3.63) is 76.8 Å². The van der Waals surface area contributed by atoms with Crippen LogP contribution in [0.5, 0.6) is 17.2 Å². The highest BCUT2D eigenvalue weighted by Gasteiger charge is 2.18. The Kier molecular flexibility index (Phi) is 7.21. The van der Waals surface area contributed by atoms with Crippen molar-refractivity contribution in [1.82, 2.24) is 9.55 Å². The summed E-state index contributed by atoms with van der Waals surface area (Å²) in [5.41, 5.74) is 0.525. The van der Waals surface area contributed by atoms with Crippen molar-refractivity contribution in [1.29, 1.82) is 0 Å². The maximum atomic E-state index is 14.6. The summed E-state index contributed by atoms with van der Waals surface area (Å²) in [7, 11) is 4.44. The molecule has 0 atom stereocenters. The van der Waals surface area contributed by atoms with Crippen molar-refractivity contribution in [2.24, 2.45) is 0 Å². The van der Waals surface area contributed by atoms with E-state index >= 15 is 0 Å². The summed E-state index contributed by atoms with van der Waals surface area (Å²) in [6.07, 6.45) is 0. The summed E-state index contributed by atoms with van der Waals surface area (Å²) in [6.45, 7) is 0. The molecule has 0 aliphatic heterocycles. The largest absolute Gasteiger partial charge is 0.493 e. The van der Waals surface area contributed by atoms with Crippen LogP contribution in [-0.2, 0) is 4.79 Å². The van der Waals surface area contributed by atoms with Gasteiger partial charge in [-0.15, -0.1) is 0 Å². The summed E-state index contributed by atoms with van der Waals surface area (Å²) in [5, 5.41) is 3.31. The average molecular weight is 496 g/mol. The molecule has 1 aromatic heterocycles. The van der Waals surface area contributed by atoms with E-state index in [1.165, 1.54) is 44.1 Å². The first-order valence-electron chi connectivity index (χ1n) is 10.5. The standard InChI is InChI=1S/C25H22FN3O5S/c1-32-20-12-15(13-21(33-2)23(20)34-3)27-22(30)14-35-25-28-18-10-6-4-8-16(18)24(31)29(25)19-11-7-5-9-17(19)26/h4-13H,14H2,1-3H3,(H,27,30). The molecule has 8 nitrogen and oxygen atoms in total. The number of carbonyl (C=O) groups is 1. The molecule has 4 aromatic rings. The molecule has 0 spiro atoms. The second kappa shape index (κ2) is 10.5. The zero-order chi connectivity index (χ0) is 24.9. The minimum absolute atomic E-state index is 0.0586. The molecule has 10 heteroatoms. The summed E-state index contributed by atoms with van der Waals surface area (Å²) in [5.74, 6) is 0.146. The van der Waals surface area contributed by atoms with Gasteiger partial charge in [-0.05, 0) is 24.3 Å². The number of nitrogens with zero attached hydrogens (tertiary/aromatic N) is 2. The highest BCUT2D eigenvalue weighted by atomic mass is 32.2. The van der Waals surface area contributed by atoms with Crippen LogP contribution in [0.4, 0.5) is 10.1 Å². The Morgan fingerprint density at radius 1 is 1.00 bits per heavy atom. The number of aromatic nitrogens is 2. The summed E-state index contributed by atoms with van der Waals surface area (Å²) in [6, 6.07) is 15.9. The highest BCUT2D eigenvalue weighted by Crippen LogP contribution is 2.40. The van der Waals surface area contributed by atoms with Crippen LogP contribution in [0.25, 0.3) is 16.6 Å². The third-order valence-corrected chi connectivity index (χ3v) is 6.06. The smallest absolute Gasteiger partial charge is 0.266 e. The number of para-hydroxylation sites is 2. The van der Waals surface area contributed by atoms with Gasteiger partial charge in [0.15, 0.2) is 16.7 Å². The number of thioether (sulfide) groups is 1. The Morgan fingerprint density at radius 2 is 1.66 bits per heavy atom. The molecule has 0 bridgehead atoms. The second-order valence-corrected chi connectivity index (χ2v) is 8.20. The number of hydrogen-bond acceptors (Lipinski definition) is 7. The number of hydrogen-bond donors (Lipinski definition) is 1. The molecule has 180 valence electrons. The molecule has 3 aromatic carbocycles. The van der Waals surface area contributed by atoms with Crippen LogP contribution in [0.2, 0.25) is 0 Å². The Labute approximate surface area is 204 Å². The first-order valence-corrected chi connectivity index (χ1v) is 11.4. The molecule has 1 amide bonds. The van der Waals surface area contributed by atoms with Crippen molar-refractivity contribution in [2.75, 3.05) is 32.4 Å². The topological polar surface area (TPSA) is 91.7 Å². The first kappa shape index (κ1) is 24.1. The monoisotopic (exact) mass is 495 g/mol. The normalized spacial score (nSPS) is 10.7. The van der Waals surface area contributed by atoms with Crippen LogP contribution in [0, 0.1) is 5.82 Å². The number of carbonyl (C=O) groups excluding carboxylic acids is 1. The molecule has 35 heavy (non-hydrogen) atoms. The van der Waals surface area contributed by atoms with E-state index in [0.717, 1.165) is 11.8 Å². The number of nitrogens with one attached hydrogen (secondary N) is 1. The van der Waals surface area contributed by atoms with Gasteiger partial charge in [0.25, 0.3) is 5.56 Å². The van der Waals surface area contributed by atoms with E-state index in [0.29, 0.717) is 33.8 Å². The van der Waals surface area contributed by atoms with E-state index in [9.17, 15) is 14.0 Å². The van der Waals surface area contributed by atoms with E-state index in [1.54, 1.807) is 42.5 Å². The van der Waals surface area contributed by atoms with Gasteiger partial charge in [-0.2, -0.15) is 0 Å². The Balaban J connectivity index is 1.64. The summed E-state index contributed by atoms with van der Waals surface area (Å²) >= 11 is 1.02. The van der Waals surface area contributed by atoms with Crippen LogP contribution in [-0.4, -0.2) is 42.5 Å². The number of methoxy groups -OCH3 is 3. The predicted octanol–water partition coefficient (Wildman–Crippen LogP) is 4.28. The second-order valence-electron chi connectivity index (χ2n) is 7.25. The molecule has 0 unspecified atom stereocenters. The fraction of sp³-hybridized carbons (Fsp3) is 0.160. The first-order chi connectivity index (χ1) is 17.0. The van der Waals surface area contributed by atoms with Gasteiger partial charge >= 0.3 is 0 Å². The molecule has 0 aliphatic carbocycles. The fourth-order valence-electron chi connectivity index (χ4n) is 3.54. The van der Waals surface area contributed by atoms with Crippen LogP contribution in [0.3, 0.4) is 0 Å². The Bertz CT molecular complexity index is 1430. The van der Waals surface area contributed by atoms with E-state index < -0.39 is 11.4 Å². The molecule has 1 heterocycles. The zero-order valence-electron chi connectivity index (χ0n) is 19.2. The van der Waals surface area contributed by atoms with Gasteiger partial charge in [0, 0.05) is 17.8 Å². The van der Waals surface area contributed by atoms with E-state index in [-0.39, 0.29) is 22.5 Å². The lowest BCUT2D eigenvalue weighted by Crippen LogP contribution is -2.23. The van der Waals surface area contributed by atoms with Crippen LogP contribution in [0.1, 0.15) is 0 Å². The van der Waals surface area contributed by atoms with Gasteiger partial charge in [-0.25, -0.2) is 9.37 Å². The number of benzene rings is 3. The molecule has 4 rings (SSSR count). The van der Waals surface area contributed by atoms with Gasteiger partial charge in [-0.3, -0.25) is 14.2 Å². The lowest BCUT2D eigenvalue weighted by Gasteiger charge is -2.15. The number of rotatable bonds is 8. The molecular weight excluding hydrogens is 473 g/mol. The van der Waals surface area contributed by atoms with Gasteiger partial charge in [0.1, 0.15) is 5.82 Å². The van der Waals surface area contributed by atoms with Gasteiger partial charge in [0.2, 0.25) is 11.7 Å². The molecule has 0 radical (unpaired) electrons. The van der Waals surface area contributed by atoms with E-state index in [2.05, 4.69) is 10.3 Å². The van der Waals surface area contributed by atoms with Gasteiger partial charge in [0.05, 0.1) is 43.7 Å². The van der Waals surface area contributed by atoms with Crippen LogP contribution < -0.4 is 25.1 Å². The van der Waals surface area contributed by atoms with Crippen molar-refractivity contribution in [2.45, 2.75) is 5.16 Å². The third kappa shape index (κ3) is 4.92. The number of anilines is 1. The molecule has 0 fully saturated rings. The molecule has 0 aliphatic rings. The number of ether oxygens (including phenoxy) is 3.